The molecule has 0 bridgehead atoms. The molecular formula is C10H9F2NO. The number of nitrogens with zero attached hydrogens (tertiary/aromatic N) is 1. The van der Waals surface area contributed by atoms with E-state index in [9.17, 15) is 8.78 Å². The van der Waals surface area contributed by atoms with Gasteiger partial charge in [0.1, 0.15) is 5.75 Å². The second kappa shape index (κ2) is 4.05. The maximum Gasteiger partial charge on any atom is 0.280 e. The number of phenols is 1. The summed E-state index contributed by atoms with van der Waals surface area (Å²) in [7, 11) is 0. The van der Waals surface area contributed by atoms with Gasteiger partial charge in [0.05, 0.1) is 6.42 Å². The molecule has 0 atom stereocenters. The second-order valence-corrected chi connectivity index (χ2v) is 2.89. The smallest absolute Gasteiger partial charge is 0.280 e. The highest BCUT2D eigenvalue weighted by atomic mass is 19.3. The van der Waals surface area contributed by atoms with Crippen molar-refractivity contribution in [1.82, 2.24) is 0 Å². The Morgan fingerprint density at radius 3 is 2.71 bits per heavy atom. The zero-order valence-electron chi connectivity index (χ0n) is 7.37. The third-order valence-electron chi connectivity index (χ3n) is 1.81. The third kappa shape index (κ3) is 2.43. The van der Waals surface area contributed by atoms with Gasteiger partial charge in [0.15, 0.2) is 0 Å². The summed E-state index contributed by atoms with van der Waals surface area (Å²) >= 11 is 0. The highest BCUT2D eigenvalue weighted by Crippen LogP contribution is 2.33. The number of aromatic hydroxyl groups is 1. The third-order valence-corrected chi connectivity index (χ3v) is 1.81. The fraction of sp³-hybridized carbons (Fsp3) is 0.300. The molecular weight excluding hydrogens is 188 g/mol. The summed E-state index contributed by atoms with van der Waals surface area (Å²) in [5, 5.41) is 9.01. The van der Waals surface area contributed by atoms with Crippen molar-refractivity contribution >= 4 is 0 Å². The topological polar surface area (TPSA) is 24.6 Å². The Morgan fingerprint density at radius 2 is 2.14 bits per heavy atom. The van der Waals surface area contributed by atoms with Crippen molar-refractivity contribution in [2.24, 2.45) is 0 Å². The van der Waals surface area contributed by atoms with E-state index >= 15 is 0 Å². The van der Waals surface area contributed by atoms with E-state index in [-0.39, 0.29) is 17.9 Å². The highest BCUT2D eigenvalue weighted by molar-refractivity contribution is 5.30. The molecule has 0 fully saturated rings. The minimum Gasteiger partial charge on any atom is -0.508 e. The predicted octanol–water partition coefficient (Wildman–Crippen LogP) is 2.79. The zero-order chi connectivity index (χ0) is 10.6. The maximum atomic E-state index is 13.3. The highest BCUT2D eigenvalue weighted by Gasteiger charge is 2.32. The first-order valence-corrected chi connectivity index (χ1v) is 4.07. The molecule has 0 aliphatic rings. The molecule has 2 nitrogen and oxygen atoms in total. The first-order chi connectivity index (χ1) is 6.56. The van der Waals surface area contributed by atoms with Crippen LogP contribution in [0, 0.1) is 6.57 Å². The van der Waals surface area contributed by atoms with Gasteiger partial charge in [-0.15, -0.1) is 0 Å². The van der Waals surface area contributed by atoms with Gasteiger partial charge in [0.25, 0.3) is 5.92 Å². The van der Waals surface area contributed by atoms with Crippen LogP contribution in [0.4, 0.5) is 8.78 Å². The number of hydrogen-bond donors (Lipinski definition) is 1. The summed E-state index contributed by atoms with van der Waals surface area (Å²) in [6, 6.07) is 4.94. The summed E-state index contributed by atoms with van der Waals surface area (Å²) in [6.07, 6.45) is -0.514. The van der Waals surface area contributed by atoms with E-state index in [0.717, 1.165) is 6.07 Å². The Morgan fingerprint density at radius 1 is 1.43 bits per heavy atom. The van der Waals surface area contributed by atoms with Gasteiger partial charge in [-0.3, -0.25) is 0 Å². The molecule has 0 saturated heterocycles. The number of phenolic OH excluding ortho intramolecular Hbond substituents is 1. The Bertz CT molecular complexity index is 357. The van der Waals surface area contributed by atoms with E-state index in [1.54, 1.807) is 0 Å². The fourth-order valence-corrected chi connectivity index (χ4v) is 1.07. The van der Waals surface area contributed by atoms with Crippen molar-refractivity contribution in [3.63, 3.8) is 0 Å². The Kier molecular flexibility index (Phi) is 3.03. The standard InChI is InChI=1S/C10H9F2NO/c1-13-6-5-10(11,12)8-3-2-4-9(14)7-8/h2-4,7,14H,5-6H2. The summed E-state index contributed by atoms with van der Waals surface area (Å²) in [5.41, 5.74) is -0.249. The summed E-state index contributed by atoms with van der Waals surface area (Å²) in [5.74, 6) is -3.23. The van der Waals surface area contributed by atoms with E-state index in [2.05, 4.69) is 4.85 Å². The summed E-state index contributed by atoms with van der Waals surface area (Å²) in [4.78, 5) is 2.88. The van der Waals surface area contributed by atoms with Gasteiger partial charge in [0, 0.05) is 5.56 Å². The van der Waals surface area contributed by atoms with Gasteiger partial charge in [-0.05, 0) is 12.1 Å². The van der Waals surface area contributed by atoms with Crippen LogP contribution in [-0.4, -0.2) is 11.7 Å². The van der Waals surface area contributed by atoms with Gasteiger partial charge < -0.3 is 9.95 Å². The van der Waals surface area contributed by atoms with Crippen LogP contribution in [0.15, 0.2) is 24.3 Å². The summed E-state index contributed by atoms with van der Waals surface area (Å²) < 4.78 is 26.5. The van der Waals surface area contributed by atoms with Gasteiger partial charge in [-0.2, -0.15) is 0 Å². The lowest BCUT2D eigenvalue weighted by atomic mass is 10.1. The molecule has 0 saturated carbocycles. The molecule has 0 radical (unpaired) electrons. The predicted molar refractivity (Wildman–Crippen MR) is 48.1 cm³/mol. The lowest BCUT2D eigenvalue weighted by Gasteiger charge is -2.13. The molecule has 1 aromatic carbocycles. The van der Waals surface area contributed by atoms with Gasteiger partial charge in [0.2, 0.25) is 6.54 Å². The lowest BCUT2D eigenvalue weighted by molar-refractivity contribution is -0.00911. The van der Waals surface area contributed by atoms with Crippen LogP contribution in [-0.2, 0) is 5.92 Å². The number of halogens is 2. The minimum absolute atomic E-state index is 0.190. The van der Waals surface area contributed by atoms with Crippen LogP contribution >= 0.6 is 0 Å². The second-order valence-electron chi connectivity index (χ2n) is 2.89. The summed E-state index contributed by atoms with van der Waals surface area (Å²) in [6.45, 7) is 6.21. The fourth-order valence-electron chi connectivity index (χ4n) is 1.07. The molecule has 1 N–H and O–H groups in total. The largest absolute Gasteiger partial charge is 0.508 e. The van der Waals surface area contributed by atoms with Crippen LogP contribution in [0.3, 0.4) is 0 Å². The Balaban J connectivity index is 2.87. The van der Waals surface area contributed by atoms with Crippen molar-refractivity contribution in [2.45, 2.75) is 12.3 Å². The van der Waals surface area contributed by atoms with E-state index in [1.165, 1.54) is 18.2 Å². The minimum atomic E-state index is -3.04. The molecule has 0 spiro atoms. The van der Waals surface area contributed by atoms with Crippen molar-refractivity contribution < 1.29 is 13.9 Å². The van der Waals surface area contributed by atoms with E-state index in [4.69, 9.17) is 11.7 Å². The Labute approximate surface area is 80.6 Å². The molecule has 0 heterocycles. The monoisotopic (exact) mass is 197 g/mol. The number of hydrogen-bond acceptors (Lipinski definition) is 1. The number of rotatable bonds is 3. The van der Waals surface area contributed by atoms with Crippen LogP contribution in [0.5, 0.6) is 5.75 Å². The lowest BCUT2D eigenvalue weighted by Crippen LogP contribution is -2.14. The molecule has 74 valence electrons. The Hall–Kier alpha value is -1.63. The van der Waals surface area contributed by atoms with Gasteiger partial charge in [-0.25, -0.2) is 15.4 Å². The molecule has 0 aliphatic carbocycles. The normalized spacial score (nSPS) is 10.9. The van der Waals surface area contributed by atoms with Crippen molar-refractivity contribution in [2.75, 3.05) is 6.54 Å². The van der Waals surface area contributed by atoms with Crippen LogP contribution in [0.2, 0.25) is 0 Å². The first kappa shape index (κ1) is 10.5. The molecule has 1 rings (SSSR count). The van der Waals surface area contributed by atoms with Gasteiger partial charge in [-0.1, -0.05) is 12.1 Å². The van der Waals surface area contributed by atoms with Gasteiger partial charge >= 0.3 is 0 Å². The average molecular weight is 197 g/mol. The molecule has 14 heavy (non-hydrogen) atoms. The molecule has 0 aliphatic heterocycles. The molecule has 0 unspecified atom stereocenters. The zero-order valence-corrected chi connectivity index (χ0v) is 7.37. The average Bonchev–Trinajstić information content (AvgIpc) is 2.15. The molecule has 0 amide bonds. The first-order valence-electron chi connectivity index (χ1n) is 4.07. The van der Waals surface area contributed by atoms with Crippen molar-refractivity contribution in [3.8, 4) is 5.75 Å². The SMILES string of the molecule is [C-]#[N+]CCC(F)(F)c1cccc(O)c1. The molecule has 4 heteroatoms. The van der Waals surface area contributed by atoms with Crippen LogP contribution in [0.25, 0.3) is 4.85 Å². The van der Waals surface area contributed by atoms with E-state index in [0.29, 0.717) is 0 Å². The van der Waals surface area contributed by atoms with E-state index in [1.807, 2.05) is 0 Å². The van der Waals surface area contributed by atoms with E-state index < -0.39 is 12.3 Å². The quantitative estimate of drug-likeness (QED) is 0.740. The molecule has 0 aromatic heterocycles. The maximum absolute atomic E-state index is 13.3. The van der Waals surface area contributed by atoms with Crippen molar-refractivity contribution in [3.05, 3.63) is 41.2 Å². The molecule has 1 aromatic rings. The van der Waals surface area contributed by atoms with Crippen LogP contribution in [0.1, 0.15) is 12.0 Å². The van der Waals surface area contributed by atoms with Crippen molar-refractivity contribution in [1.29, 1.82) is 0 Å². The number of alkyl halides is 2. The number of benzene rings is 1. The van der Waals surface area contributed by atoms with Crippen LogP contribution < -0.4 is 0 Å².